The Hall–Kier alpha value is -1.63. The van der Waals surface area contributed by atoms with Gasteiger partial charge in [0.2, 0.25) is 0 Å². The number of nitrogens with zero attached hydrogens (tertiary/aromatic N) is 1. The largest absolute Gasteiger partial charge is 0.497 e. The van der Waals surface area contributed by atoms with Crippen LogP contribution in [0.3, 0.4) is 0 Å². The lowest BCUT2D eigenvalue weighted by atomic mass is 10.1. The molecular formula is C20H21NO3S2. The maximum absolute atomic E-state index is 12.4. The van der Waals surface area contributed by atoms with Gasteiger partial charge in [0.25, 0.3) is 0 Å². The van der Waals surface area contributed by atoms with E-state index in [0.717, 1.165) is 25.3 Å². The third kappa shape index (κ3) is 3.33. The van der Waals surface area contributed by atoms with Crippen molar-refractivity contribution >= 4 is 29.5 Å². The van der Waals surface area contributed by atoms with Gasteiger partial charge in [-0.05, 0) is 36.2 Å². The monoisotopic (exact) mass is 387 g/mol. The van der Waals surface area contributed by atoms with Gasteiger partial charge in [-0.3, -0.25) is 9.69 Å². The molecule has 136 valence electrons. The number of hydrogen-bond acceptors (Lipinski definition) is 6. The molecule has 0 aromatic heterocycles. The molecular weight excluding hydrogens is 366 g/mol. The number of fused-ring (bicyclic) bond motifs is 1. The number of rotatable bonds is 4. The van der Waals surface area contributed by atoms with E-state index in [1.165, 1.54) is 22.5 Å². The van der Waals surface area contributed by atoms with Gasteiger partial charge in [0.15, 0.2) is 0 Å². The minimum absolute atomic E-state index is 0.0188. The molecule has 26 heavy (non-hydrogen) atoms. The first-order valence-corrected chi connectivity index (χ1v) is 10.2. The number of carbonyl (C=O) groups excluding carboxylic acids is 1. The molecule has 4 nitrogen and oxygen atoms in total. The van der Waals surface area contributed by atoms with Gasteiger partial charge < -0.3 is 9.47 Å². The predicted octanol–water partition coefficient (Wildman–Crippen LogP) is 4.04. The summed E-state index contributed by atoms with van der Waals surface area (Å²) in [7, 11) is 3.14. The summed E-state index contributed by atoms with van der Waals surface area (Å²) in [5.41, 5.74) is 1.17. The Bertz CT molecular complexity index is 784. The third-order valence-electron chi connectivity index (χ3n) is 4.85. The average Bonchev–Trinajstić information content (AvgIpc) is 3.20. The summed E-state index contributed by atoms with van der Waals surface area (Å²) >= 11 is 3.78. The first kappa shape index (κ1) is 17.8. The molecule has 0 saturated carbocycles. The number of hydrogen-bond donors (Lipinski definition) is 0. The maximum atomic E-state index is 12.4. The zero-order valence-electron chi connectivity index (χ0n) is 14.8. The van der Waals surface area contributed by atoms with E-state index in [1.54, 1.807) is 7.11 Å². The highest BCUT2D eigenvalue weighted by Crippen LogP contribution is 2.60. The van der Waals surface area contributed by atoms with E-state index >= 15 is 0 Å². The Morgan fingerprint density at radius 3 is 2.35 bits per heavy atom. The molecule has 0 bridgehead atoms. The van der Waals surface area contributed by atoms with Gasteiger partial charge in [0.05, 0.1) is 18.3 Å². The van der Waals surface area contributed by atoms with E-state index in [-0.39, 0.29) is 16.1 Å². The minimum Gasteiger partial charge on any atom is -0.497 e. The smallest absolute Gasteiger partial charge is 0.323 e. The second-order valence-electron chi connectivity index (χ2n) is 6.56. The van der Waals surface area contributed by atoms with E-state index in [2.05, 4.69) is 41.3 Å². The first-order chi connectivity index (χ1) is 12.6. The Morgan fingerprint density at radius 2 is 1.77 bits per heavy atom. The molecule has 0 unspecified atom stereocenters. The van der Waals surface area contributed by atoms with Crippen LogP contribution < -0.4 is 4.74 Å². The lowest BCUT2D eigenvalue weighted by molar-refractivity contribution is -0.146. The van der Waals surface area contributed by atoms with Crippen molar-refractivity contribution in [2.24, 2.45) is 0 Å². The molecule has 2 aliphatic heterocycles. The zero-order chi connectivity index (χ0) is 18.1. The van der Waals surface area contributed by atoms with Gasteiger partial charge in [-0.15, -0.1) is 23.5 Å². The third-order valence-corrected chi connectivity index (χ3v) is 7.96. The fourth-order valence-corrected chi connectivity index (χ4v) is 6.93. The molecule has 2 aromatic rings. The Labute approximate surface area is 162 Å². The molecule has 4 rings (SSSR count). The highest BCUT2D eigenvalue weighted by molar-refractivity contribution is 8.20. The van der Waals surface area contributed by atoms with Crippen LogP contribution in [0.2, 0.25) is 0 Å². The highest BCUT2D eigenvalue weighted by Gasteiger charge is 2.51. The summed E-state index contributed by atoms with van der Waals surface area (Å²) in [5.74, 6) is 0.695. The van der Waals surface area contributed by atoms with Crippen LogP contribution in [0, 0.1) is 0 Å². The first-order valence-electron chi connectivity index (χ1n) is 8.54. The van der Waals surface area contributed by atoms with Crippen LogP contribution in [0.5, 0.6) is 5.75 Å². The quantitative estimate of drug-likeness (QED) is 0.738. The number of ether oxygens (including phenoxy) is 2. The summed E-state index contributed by atoms with van der Waals surface area (Å²) in [4.78, 5) is 17.3. The van der Waals surface area contributed by atoms with Crippen LogP contribution in [-0.4, -0.2) is 41.8 Å². The molecule has 2 heterocycles. The number of likely N-dealkylation sites (tertiary alicyclic amines) is 1. The topological polar surface area (TPSA) is 38.8 Å². The van der Waals surface area contributed by atoms with Crippen LogP contribution in [-0.2, 0) is 16.1 Å². The van der Waals surface area contributed by atoms with Crippen molar-refractivity contribution < 1.29 is 14.3 Å². The fraction of sp³-hybridized carbons (Fsp3) is 0.350. The van der Waals surface area contributed by atoms with Crippen LogP contribution in [0.25, 0.3) is 0 Å². The SMILES string of the molecule is COC(=O)[C@H]1CC2(CN1Cc1ccc(OC)cc1)Sc1ccccc1S2. The Morgan fingerprint density at radius 1 is 1.12 bits per heavy atom. The van der Waals surface area contributed by atoms with Gasteiger partial charge in [0.1, 0.15) is 11.8 Å². The molecule has 0 aliphatic carbocycles. The number of benzene rings is 2. The summed E-state index contributed by atoms with van der Waals surface area (Å²) in [5, 5.41) is 0. The van der Waals surface area contributed by atoms with E-state index in [4.69, 9.17) is 9.47 Å². The highest BCUT2D eigenvalue weighted by atomic mass is 32.2. The minimum atomic E-state index is -0.212. The molecule has 2 aromatic carbocycles. The number of esters is 1. The maximum Gasteiger partial charge on any atom is 0.323 e. The van der Waals surface area contributed by atoms with Crippen molar-refractivity contribution in [3.05, 3.63) is 54.1 Å². The van der Waals surface area contributed by atoms with Gasteiger partial charge in [-0.25, -0.2) is 0 Å². The Balaban J connectivity index is 1.56. The second-order valence-corrected chi connectivity index (χ2v) is 9.67. The van der Waals surface area contributed by atoms with Crippen molar-refractivity contribution in [2.75, 3.05) is 20.8 Å². The molecule has 1 atom stereocenters. The van der Waals surface area contributed by atoms with Crippen molar-refractivity contribution in [2.45, 2.75) is 32.9 Å². The van der Waals surface area contributed by atoms with E-state index in [0.29, 0.717) is 0 Å². The fourth-order valence-electron chi connectivity index (χ4n) is 3.60. The molecule has 0 radical (unpaired) electrons. The van der Waals surface area contributed by atoms with Gasteiger partial charge in [-0.1, -0.05) is 24.3 Å². The summed E-state index contributed by atoms with van der Waals surface area (Å²) in [6.07, 6.45) is 0.792. The van der Waals surface area contributed by atoms with Crippen LogP contribution in [0.15, 0.2) is 58.3 Å². The van der Waals surface area contributed by atoms with E-state index in [9.17, 15) is 4.79 Å². The average molecular weight is 388 g/mol. The molecule has 1 spiro atoms. The molecule has 2 aliphatic rings. The molecule has 1 fully saturated rings. The lowest BCUT2D eigenvalue weighted by Crippen LogP contribution is -2.36. The van der Waals surface area contributed by atoms with Gasteiger partial charge >= 0.3 is 5.97 Å². The molecule has 0 N–H and O–H groups in total. The van der Waals surface area contributed by atoms with Gasteiger partial charge in [-0.2, -0.15) is 0 Å². The zero-order valence-corrected chi connectivity index (χ0v) is 16.4. The lowest BCUT2D eigenvalue weighted by Gasteiger charge is -2.23. The Kier molecular flexibility index (Phi) is 4.90. The normalized spacial score (nSPS) is 20.9. The van der Waals surface area contributed by atoms with Crippen molar-refractivity contribution in [1.82, 2.24) is 4.90 Å². The number of thioether (sulfide) groups is 2. The molecule has 0 amide bonds. The van der Waals surface area contributed by atoms with E-state index in [1.807, 2.05) is 35.7 Å². The number of carbonyl (C=O) groups is 1. The van der Waals surface area contributed by atoms with Crippen LogP contribution in [0.4, 0.5) is 0 Å². The molecule has 6 heteroatoms. The summed E-state index contributed by atoms with van der Waals surface area (Å²) in [6.45, 7) is 1.58. The number of methoxy groups -OCH3 is 2. The van der Waals surface area contributed by atoms with Crippen LogP contribution >= 0.6 is 23.5 Å². The molecule has 1 saturated heterocycles. The summed E-state index contributed by atoms with van der Waals surface area (Å²) < 4.78 is 10.3. The van der Waals surface area contributed by atoms with Crippen molar-refractivity contribution in [3.63, 3.8) is 0 Å². The standard InChI is InChI=1S/C20H21NO3S2/c1-23-15-9-7-14(8-10-15)12-21-13-20(11-16(21)19(22)24-2)25-17-5-3-4-6-18(17)26-20/h3-10,16H,11-13H2,1-2H3/t16-/m1/s1. The van der Waals surface area contributed by atoms with Crippen molar-refractivity contribution in [3.8, 4) is 5.75 Å². The van der Waals surface area contributed by atoms with E-state index < -0.39 is 0 Å². The second kappa shape index (κ2) is 7.18. The summed E-state index contributed by atoms with van der Waals surface area (Å²) in [6, 6.07) is 16.3. The van der Waals surface area contributed by atoms with Crippen molar-refractivity contribution in [1.29, 1.82) is 0 Å². The van der Waals surface area contributed by atoms with Gasteiger partial charge in [0, 0.05) is 22.9 Å². The van der Waals surface area contributed by atoms with Crippen LogP contribution in [0.1, 0.15) is 12.0 Å². The predicted molar refractivity (Wildman–Crippen MR) is 105 cm³/mol.